The molecule has 0 amide bonds. The molecule has 1 saturated heterocycles. The van der Waals surface area contributed by atoms with Crippen molar-refractivity contribution in [3.8, 4) is 0 Å². The molecular weight excluding hydrogens is 264 g/mol. The highest BCUT2D eigenvalue weighted by molar-refractivity contribution is 5.80. The van der Waals surface area contributed by atoms with E-state index in [9.17, 15) is 0 Å². The lowest BCUT2D eigenvalue weighted by atomic mass is 9.95. The fourth-order valence-corrected chi connectivity index (χ4v) is 3.21. The number of hydrogen-bond donors (Lipinski definition) is 1. The Labute approximate surface area is 125 Å². The van der Waals surface area contributed by atoms with Crippen LogP contribution in [-0.2, 0) is 6.54 Å². The first-order valence-corrected chi connectivity index (χ1v) is 7.91. The molecule has 0 bridgehead atoms. The Bertz CT molecular complexity index is 593. The number of rotatable bonds is 5. The molecule has 114 valence electrons. The largest absolute Gasteiger partial charge is 0.382 e. The quantitative estimate of drug-likeness (QED) is 0.910. The summed E-state index contributed by atoms with van der Waals surface area (Å²) in [4.78, 5) is 15.2. The van der Waals surface area contributed by atoms with Crippen LogP contribution in [-0.4, -0.2) is 44.1 Å². The smallest absolute Gasteiger partial charge is 0.165 e. The molecule has 1 fully saturated rings. The van der Waals surface area contributed by atoms with Gasteiger partial charge in [-0.15, -0.1) is 0 Å². The lowest BCUT2D eigenvalue weighted by Crippen LogP contribution is -2.36. The summed E-state index contributed by atoms with van der Waals surface area (Å²) in [7, 11) is 0. The fourth-order valence-electron chi connectivity index (χ4n) is 3.21. The van der Waals surface area contributed by atoms with Crippen molar-refractivity contribution >= 4 is 17.0 Å². The van der Waals surface area contributed by atoms with E-state index in [1.165, 1.54) is 38.7 Å². The Kier molecular flexibility index (Phi) is 4.34. The van der Waals surface area contributed by atoms with E-state index >= 15 is 0 Å². The van der Waals surface area contributed by atoms with Crippen LogP contribution in [0, 0.1) is 5.92 Å². The molecule has 2 N–H and O–H groups in total. The van der Waals surface area contributed by atoms with Gasteiger partial charge in [0.05, 0.1) is 6.33 Å². The van der Waals surface area contributed by atoms with Crippen LogP contribution < -0.4 is 5.73 Å². The number of likely N-dealkylation sites (tertiary alicyclic amines) is 1. The van der Waals surface area contributed by atoms with Crippen molar-refractivity contribution in [1.29, 1.82) is 0 Å². The molecule has 2 aromatic heterocycles. The van der Waals surface area contributed by atoms with E-state index in [0.29, 0.717) is 11.3 Å². The average Bonchev–Trinajstić information content (AvgIpc) is 2.92. The SMILES string of the molecule is CCC1CCCN(CCCn2cnc3c(N)ncnc32)C1. The molecule has 1 atom stereocenters. The summed E-state index contributed by atoms with van der Waals surface area (Å²) < 4.78 is 2.08. The van der Waals surface area contributed by atoms with Gasteiger partial charge in [0, 0.05) is 13.1 Å². The van der Waals surface area contributed by atoms with Gasteiger partial charge < -0.3 is 15.2 Å². The molecule has 21 heavy (non-hydrogen) atoms. The highest BCUT2D eigenvalue weighted by atomic mass is 15.1. The summed E-state index contributed by atoms with van der Waals surface area (Å²) in [5.41, 5.74) is 7.36. The number of nitrogen functional groups attached to an aromatic ring is 1. The van der Waals surface area contributed by atoms with E-state index in [2.05, 4.69) is 31.3 Å². The average molecular weight is 288 g/mol. The van der Waals surface area contributed by atoms with Gasteiger partial charge in [-0.2, -0.15) is 0 Å². The standard InChI is InChI=1S/C15H24N6/c1-2-12-5-3-6-20(9-12)7-4-8-21-11-19-13-14(16)17-10-18-15(13)21/h10-12H,2-9H2,1H3,(H2,16,17,18). The van der Waals surface area contributed by atoms with Gasteiger partial charge in [0.2, 0.25) is 0 Å². The maximum absolute atomic E-state index is 5.81. The van der Waals surface area contributed by atoms with Gasteiger partial charge in [0.1, 0.15) is 11.8 Å². The number of nitrogens with zero attached hydrogens (tertiary/aromatic N) is 5. The van der Waals surface area contributed by atoms with Crippen LogP contribution in [0.15, 0.2) is 12.7 Å². The minimum absolute atomic E-state index is 0.459. The Morgan fingerprint density at radius 2 is 2.19 bits per heavy atom. The van der Waals surface area contributed by atoms with Crippen molar-refractivity contribution in [2.24, 2.45) is 5.92 Å². The third-order valence-electron chi connectivity index (χ3n) is 4.48. The first-order chi connectivity index (χ1) is 10.3. The third kappa shape index (κ3) is 3.15. The number of aromatic nitrogens is 4. The zero-order valence-electron chi connectivity index (χ0n) is 12.7. The molecule has 6 nitrogen and oxygen atoms in total. The van der Waals surface area contributed by atoms with Crippen molar-refractivity contribution in [2.45, 2.75) is 39.2 Å². The molecule has 3 heterocycles. The summed E-state index contributed by atoms with van der Waals surface area (Å²) in [6.45, 7) is 6.89. The van der Waals surface area contributed by atoms with Gasteiger partial charge in [-0.3, -0.25) is 0 Å². The first kappa shape index (κ1) is 14.3. The summed E-state index contributed by atoms with van der Waals surface area (Å²) >= 11 is 0. The predicted octanol–water partition coefficient (Wildman–Crippen LogP) is 1.92. The number of aryl methyl sites for hydroxylation is 1. The molecule has 6 heteroatoms. The molecule has 3 rings (SSSR count). The molecule has 0 spiro atoms. The molecule has 0 radical (unpaired) electrons. The first-order valence-electron chi connectivity index (χ1n) is 7.91. The molecule has 1 aliphatic rings. The van der Waals surface area contributed by atoms with E-state index in [1.807, 2.05) is 6.33 Å². The van der Waals surface area contributed by atoms with Crippen molar-refractivity contribution in [3.63, 3.8) is 0 Å². The maximum Gasteiger partial charge on any atom is 0.165 e. The number of piperidine rings is 1. The summed E-state index contributed by atoms with van der Waals surface area (Å²) in [6, 6.07) is 0. The fraction of sp³-hybridized carbons (Fsp3) is 0.667. The van der Waals surface area contributed by atoms with Crippen LogP contribution in [0.4, 0.5) is 5.82 Å². The topological polar surface area (TPSA) is 72.9 Å². The maximum atomic E-state index is 5.81. The van der Waals surface area contributed by atoms with E-state index in [-0.39, 0.29) is 0 Å². The monoisotopic (exact) mass is 288 g/mol. The van der Waals surface area contributed by atoms with Gasteiger partial charge in [-0.05, 0) is 38.3 Å². The second-order valence-electron chi connectivity index (χ2n) is 5.94. The second kappa shape index (κ2) is 6.39. The number of fused-ring (bicyclic) bond motifs is 1. The van der Waals surface area contributed by atoms with Gasteiger partial charge in [-0.1, -0.05) is 13.3 Å². The van der Waals surface area contributed by atoms with Crippen molar-refractivity contribution in [1.82, 2.24) is 24.4 Å². The third-order valence-corrected chi connectivity index (χ3v) is 4.48. The Morgan fingerprint density at radius 3 is 3.05 bits per heavy atom. The second-order valence-corrected chi connectivity index (χ2v) is 5.94. The van der Waals surface area contributed by atoms with Crippen molar-refractivity contribution < 1.29 is 0 Å². The van der Waals surface area contributed by atoms with Gasteiger partial charge >= 0.3 is 0 Å². The van der Waals surface area contributed by atoms with Gasteiger partial charge in [0.25, 0.3) is 0 Å². The lowest BCUT2D eigenvalue weighted by molar-refractivity contribution is 0.168. The predicted molar refractivity (Wildman–Crippen MR) is 83.8 cm³/mol. The van der Waals surface area contributed by atoms with Crippen molar-refractivity contribution in [3.05, 3.63) is 12.7 Å². The highest BCUT2D eigenvalue weighted by Gasteiger charge is 2.17. The van der Waals surface area contributed by atoms with Crippen LogP contribution in [0.1, 0.15) is 32.6 Å². The molecule has 1 aliphatic heterocycles. The van der Waals surface area contributed by atoms with E-state index in [1.54, 1.807) is 0 Å². The van der Waals surface area contributed by atoms with Gasteiger partial charge in [-0.25, -0.2) is 15.0 Å². The number of anilines is 1. The summed E-state index contributed by atoms with van der Waals surface area (Å²) in [6.07, 6.45) is 8.49. The zero-order chi connectivity index (χ0) is 14.7. The summed E-state index contributed by atoms with van der Waals surface area (Å²) in [5.74, 6) is 1.35. The Morgan fingerprint density at radius 1 is 1.29 bits per heavy atom. The Hall–Kier alpha value is -1.69. The molecule has 0 saturated carbocycles. The molecule has 0 aromatic carbocycles. The Balaban J connectivity index is 1.56. The number of imidazole rings is 1. The number of hydrogen-bond acceptors (Lipinski definition) is 5. The molecular formula is C15H24N6. The molecule has 2 aromatic rings. The number of nitrogens with two attached hydrogens (primary N) is 1. The van der Waals surface area contributed by atoms with Crippen molar-refractivity contribution in [2.75, 3.05) is 25.4 Å². The normalized spacial score (nSPS) is 20.1. The lowest BCUT2D eigenvalue weighted by Gasteiger charge is -2.32. The minimum Gasteiger partial charge on any atom is -0.382 e. The zero-order valence-corrected chi connectivity index (χ0v) is 12.7. The minimum atomic E-state index is 0.459. The van der Waals surface area contributed by atoms with Crippen LogP contribution >= 0.6 is 0 Å². The molecule has 1 unspecified atom stereocenters. The van der Waals surface area contributed by atoms with E-state index in [4.69, 9.17) is 5.73 Å². The van der Waals surface area contributed by atoms with Crippen LogP contribution in [0.3, 0.4) is 0 Å². The van der Waals surface area contributed by atoms with E-state index < -0.39 is 0 Å². The van der Waals surface area contributed by atoms with E-state index in [0.717, 1.165) is 31.1 Å². The summed E-state index contributed by atoms with van der Waals surface area (Å²) in [5, 5.41) is 0. The van der Waals surface area contributed by atoms with Crippen LogP contribution in [0.25, 0.3) is 11.2 Å². The van der Waals surface area contributed by atoms with Crippen LogP contribution in [0.5, 0.6) is 0 Å². The van der Waals surface area contributed by atoms with Gasteiger partial charge in [0.15, 0.2) is 11.5 Å². The highest BCUT2D eigenvalue weighted by Crippen LogP contribution is 2.19. The van der Waals surface area contributed by atoms with Crippen LogP contribution in [0.2, 0.25) is 0 Å². The molecule has 0 aliphatic carbocycles.